The molecule has 5 nitrogen and oxygen atoms in total. The molecule has 1 aromatic heterocycles. The van der Waals surface area contributed by atoms with Crippen LogP contribution in [0, 0.1) is 13.8 Å². The van der Waals surface area contributed by atoms with Crippen molar-refractivity contribution in [2.75, 3.05) is 13.2 Å². The summed E-state index contributed by atoms with van der Waals surface area (Å²) in [5.41, 5.74) is 4.88. The average Bonchev–Trinajstić information content (AvgIpc) is 2.78. The second-order valence-electron chi connectivity index (χ2n) is 4.87. The number of benzene rings is 1. The van der Waals surface area contributed by atoms with Crippen LogP contribution in [0.5, 0.6) is 11.5 Å². The highest BCUT2D eigenvalue weighted by Crippen LogP contribution is 2.35. The molecule has 0 radical (unpaired) electrons. The Morgan fingerprint density at radius 3 is 2.50 bits per heavy atom. The van der Waals surface area contributed by atoms with Gasteiger partial charge in [0.25, 0.3) is 0 Å². The van der Waals surface area contributed by atoms with Crippen LogP contribution in [0.15, 0.2) is 28.7 Å². The molecule has 1 aromatic carbocycles. The fourth-order valence-electron chi connectivity index (χ4n) is 2.54. The van der Waals surface area contributed by atoms with Crippen LogP contribution in [0.1, 0.15) is 28.7 Å². The summed E-state index contributed by atoms with van der Waals surface area (Å²) in [5.74, 6) is 8.99. The van der Waals surface area contributed by atoms with Crippen LogP contribution in [0.3, 0.4) is 0 Å². The van der Waals surface area contributed by atoms with Gasteiger partial charge in [-0.15, -0.1) is 0 Å². The van der Waals surface area contributed by atoms with E-state index in [1.807, 2.05) is 38.1 Å². The Bertz CT molecular complexity index is 622. The normalized spacial score (nSPS) is 15.2. The first-order chi connectivity index (χ1) is 9.69. The van der Waals surface area contributed by atoms with Crippen molar-refractivity contribution >= 4 is 0 Å². The van der Waals surface area contributed by atoms with E-state index in [1.54, 1.807) is 0 Å². The maximum atomic E-state index is 5.73. The van der Waals surface area contributed by atoms with Crippen LogP contribution >= 0.6 is 0 Å². The lowest BCUT2D eigenvalue weighted by Crippen LogP contribution is -2.29. The zero-order valence-electron chi connectivity index (χ0n) is 11.6. The summed E-state index contributed by atoms with van der Waals surface area (Å²) < 4.78 is 16.7. The molecule has 1 aliphatic heterocycles. The lowest BCUT2D eigenvalue weighted by atomic mass is 9.99. The number of hydrogen-bond donors (Lipinski definition) is 2. The van der Waals surface area contributed by atoms with Gasteiger partial charge in [-0.05, 0) is 37.6 Å². The molecule has 0 saturated carbocycles. The molecule has 1 aliphatic rings. The van der Waals surface area contributed by atoms with Gasteiger partial charge in [0.15, 0.2) is 11.5 Å². The van der Waals surface area contributed by atoms with Gasteiger partial charge in [-0.2, -0.15) is 0 Å². The van der Waals surface area contributed by atoms with Crippen LogP contribution in [0.25, 0.3) is 0 Å². The van der Waals surface area contributed by atoms with E-state index in [1.165, 1.54) is 0 Å². The summed E-state index contributed by atoms with van der Waals surface area (Å²) in [6.45, 7) is 5.02. The number of nitrogens with two attached hydrogens (primary N) is 1. The Hall–Kier alpha value is -1.98. The third kappa shape index (κ3) is 2.26. The monoisotopic (exact) mass is 274 g/mol. The van der Waals surface area contributed by atoms with Crippen LogP contribution in [-0.2, 0) is 0 Å². The lowest BCUT2D eigenvalue weighted by molar-refractivity contribution is 0.171. The third-order valence-corrected chi connectivity index (χ3v) is 3.46. The molecule has 3 rings (SSSR count). The second kappa shape index (κ2) is 5.19. The first kappa shape index (κ1) is 13.0. The third-order valence-electron chi connectivity index (χ3n) is 3.46. The van der Waals surface area contributed by atoms with E-state index in [4.69, 9.17) is 19.7 Å². The molecular weight excluding hydrogens is 256 g/mol. The minimum atomic E-state index is -0.136. The van der Waals surface area contributed by atoms with Crippen molar-refractivity contribution in [2.24, 2.45) is 5.84 Å². The summed E-state index contributed by atoms with van der Waals surface area (Å²) in [7, 11) is 0. The highest BCUT2D eigenvalue weighted by atomic mass is 16.6. The predicted octanol–water partition coefficient (Wildman–Crippen LogP) is 2.22. The fourth-order valence-corrected chi connectivity index (χ4v) is 2.54. The Morgan fingerprint density at radius 1 is 1.10 bits per heavy atom. The van der Waals surface area contributed by atoms with E-state index in [9.17, 15) is 0 Å². The molecule has 0 spiro atoms. The molecule has 0 fully saturated rings. The molecule has 0 amide bonds. The van der Waals surface area contributed by atoms with Gasteiger partial charge < -0.3 is 13.9 Å². The molecule has 0 aliphatic carbocycles. The van der Waals surface area contributed by atoms with E-state index in [0.29, 0.717) is 13.2 Å². The van der Waals surface area contributed by atoms with Gasteiger partial charge in [0.2, 0.25) is 0 Å². The van der Waals surface area contributed by atoms with Crippen molar-refractivity contribution < 1.29 is 13.9 Å². The second-order valence-corrected chi connectivity index (χ2v) is 4.87. The van der Waals surface area contributed by atoms with Crippen molar-refractivity contribution in [2.45, 2.75) is 19.9 Å². The molecule has 0 saturated heterocycles. The van der Waals surface area contributed by atoms with Gasteiger partial charge in [0.05, 0.1) is 6.04 Å². The Labute approximate surface area is 117 Å². The van der Waals surface area contributed by atoms with E-state index in [0.717, 1.165) is 34.1 Å². The summed E-state index contributed by atoms with van der Waals surface area (Å²) in [6.07, 6.45) is 0. The highest BCUT2D eigenvalue weighted by molar-refractivity contribution is 5.47. The molecule has 2 aromatic rings. The zero-order chi connectivity index (χ0) is 14.1. The number of furan rings is 1. The first-order valence-corrected chi connectivity index (χ1v) is 6.61. The van der Waals surface area contributed by atoms with E-state index in [2.05, 4.69) is 5.43 Å². The molecule has 2 heterocycles. The molecule has 3 N–H and O–H groups in total. The SMILES string of the molecule is Cc1cc(C(NN)c2ccc3c(c2)OCCO3)c(C)o1. The Kier molecular flexibility index (Phi) is 3.38. The molecular formula is C15H18N2O3. The highest BCUT2D eigenvalue weighted by Gasteiger charge is 2.20. The number of ether oxygens (including phenoxy) is 2. The lowest BCUT2D eigenvalue weighted by Gasteiger charge is -2.21. The molecule has 5 heteroatoms. The topological polar surface area (TPSA) is 69.7 Å². The number of aryl methyl sites for hydroxylation is 2. The summed E-state index contributed by atoms with van der Waals surface area (Å²) in [4.78, 5) is 0. The van der Waals surface area contributed by atoms with Crippen molar-refractivity contribution in [3.63, 3.8) is 0 Å². The van der Waals surface area contributed by atoms with Crippen molar-refractivity contribution in [3.8, 4) is 11.5 Å². The van der Waals surface area contributed by atoms with Gasteiger partial charge in [-0.25, -0.2) is 5.43 Å². The Morgan fingerprint density at radius 2 is 1.85 bits per heavy atom. The molecule has 106 valence electrons. The fraction of sp³-hybridized carbons (Fsp3) is 0.333. The zero-order valence-corrected chi connectivity index (χ0v) is 11.6. The van der Waals surface area contributed by atoms with Crippen molar-refractivity contribution in [1.29, 1.82) is 0 Å². The number of hydrogen-bond acceptors (Lipinski definition) is 5. The standard InChI is InChI=1S/C15H18N2O3/c1-9-7-12(10(2)20-9)15(17-16)11-3-4-13-14(8-11)19-6-5-18-13/h3-4,7-8,15,17H,5-6,16H2,1-2H3. The molecule has 0 bridgehead atoms. The minimum Gasteiger partial charge on any atom is -0.486 e. The van der Waals surface area contributed by atoms with Gasteiger partial charge in [0.1, 0.15) is 24.7 Å². The maximum absolute atomic E-state index is 5.73. The first-order valence-electron chi connectivity index (χ1n) is 6.61. The van der Waals surface area contributed by atoms with Gasteiger partial charge in [0, 0.05) is 5.56 Å². The molecule has 20 heavy (non-hydrogen) atoms. The summed E-state index contributed by atoms with van der Waals surface area (Å²) in [5, 5.41) is 0. The quantitative estimate of drug-likeness (QED) is 0.663. The van der Waals surface area contributed by atoms with E-state index >= 15 is 0 Å². The minimum absolute atomic E-state index is 0.136. The van der Waals surface area contributed by atoms with Crippen LogP contribution < -0.4 is 20.7 Å². The average molecular weight is 274 g/mol. The number of rotatable bonds is 3. The summed E-state index contributed by atoms with van der Waals surface area (Å²) >= 11 is 0. The van der Waals surface area contributed by atoms with Crippen molar-refractivity contribution in [3.05, 3.63) is 46.9 Å². The maximum Gasteiger partial charge on any atom is 0.161 e. The summed E-state index contributed by atoms with van der Waals surface area (Å²) in [6, 6.07) is 7.72. The predicted molar refractivity (Wildman–Crippen MR) is 74.8 cm³/mol. The largest absolute Gasteiger partial charge is 0.486 e. The molecule has 1 atom stereocenters. The smallest absolute Gasteiger partial charge is 0.161 e. The van der Waals surface area contributed by atoms with Crippen molar-refractivity contribution in [1.82, 2.24) is 5.43 Å². The van der Waals surface area contributed by atoms with Crippen LogP contribution in [0.4, 0.5) is 0 Å². The van der Waals surface area contributed by atoms with E-state index in [-0.39, 0.29) is 6.04 Å². The van der Waals surface area contributed by atoms with Gasteiger partial charge in [-0.1, -0.05) is 6.07 Å². The molecule has 1 unspecified atom stereocenters. The Balaban J connectivity index is 1.99. The number of nitrogens with one attached hydrogen (secondary N) is 1. The van der Waals surface area contributed by atoms with Crippen LogP contribution in [0.2, 0.25) is 0 Å². The van der Waals surface area contributed by atoms with Gasteiger partial charge >= 0.3 is 0 Å². The van der Waals surface area contributed by atoms with E-state index < -0.39 is 0 Å². The number of fused-ring (bicyclic) bond motifs is 1. The van der Waals surface area contributed by atoms with Crippen LogP contribution in [-0.4, -0.2) is 13.2 Å². The van der Waals surface area contributed by atoms with Gasteiger partial charge in [-0.3, -0.25) is 5.84 Å². The number of hydrazine groups is 1.